The zero-order valence-corrected chi connectivity index (χ0v) is 13.0. The Bertz CT molecular complexity index is 505. The molecular weight excluding hydrogens is 344 g/mol. The average molecular weight is 358 g/mol. The second kappa shape index (κ2) is 5.44. The number of aromatic nitrogens is 3. The fourth-order valence-corrected chi connectivity index (χ4v) is 4.83. The van der Waals surface area contributed by atoms with Gasteiger partial charge in [-0.25, -0.2) is 13.1 Å². The summed E-state index contributed by atoms with van der Waals surface area (Å²) in [6, 6.07) is 0. The number of sulfonamides is 1. The lowest BCUT2D eigenvalue weighted by Gasteiger charge is -2.29. The van der Waals surface area contributed by atoms with Crippen molar-refractivity contribution in [3.8, 4) is 0 Å². The zero-order chi connectivity index (χ0) is 13.3. The zero-order valence-electron chi connectivity index (χ0n) is 9.88. The van der Waals surface area contributed by atoms with Crippen molar-refractivity contribution >= 4 is 37.6 Å². The summed E-state index contributed by atoms with van der Waals surface area (Å²) in [5.41, 5.74) is 0. The molecule has 0 aliphatic carbocycles. The van der Waals surface area contributed by atoms with E-state index in [-0.39, 0.29) is 9.63 Å². The normalized spacial score (nSPS) is 19.3. The van der Waals surface area contributed by atoms with Crippen molar-refractivity contribution in [2.75, 3.05) is 19.0 Å². The highest BCUT2D eigenvalue weighted by Gasteiger charge is 2.33. The molecule has 6 nitrogen and oxygen atoms in total. The number of nitrogens with zero attached hydrogens (tertiary/aromatic N) is 4. The highest BCUT2D eigenvalue weighted by molar-refractivity contribution is 9.10. The number of aryl methyl sites for hydroxylation is 1. The van der Waals surface area contributed by atoms with E-state index in [9.17, 15) is 8.42 Å². The third kappa shape index (κ3) is 2.56. The van der Waals surface area contributed by atoms with E-state index in [1.165, 1.54) is 8.99 Å². The van der Waals surface area contributed by atoms with Gasteiger partial charge in [0.15, 0.2) is 4.60 Å². The first kappa shape index (κ1) is 14.2. The molecule has 0 N–H and O–H groups in total. The molecule has 0 spiro atoms. The molecule has 2 heterocycles. The molecule has 2 rings (SSSR count). The molecule has 102 valence electrons. The van der Waals surface area contributed by atoms with Crippen LogP contribution in [0.15, 0.2) is 9.63 Å². The van der Waals surface area contributed by atoms with Crippen LogP contribution in [0.1, 0.15) is 12.8 Å². The van der Waals surface area contributed by atoms with Crippen molar-refractivity contribution in [3.63, 3.8) is 0 Å². The molecule has 0 saturated carbocycles. The number of halogens is 2. The summed E-state index contributed by atoms with van der Waals surface area (Å²) in [4.78, 5) is 0. The molecule has 0 unspecified atom stereocenters. The summed E-state index contributed by atoms with van der Waals surface area (Å²) >= 11 is 8.92. The molecule has 1 saturated heterocycles. The Kier molecular flexibility index (Phi) is 4.30. The first-order chi connectivity index (χ1) is 8.46. The van der Waals surface area contributed by atoms with Gasteiger partial charge in [0.2, 0.25) is 5.03 Å². The molecular formula is C9H14BrClN4O2S. The van der Waals surface area contributed by atoms with E-state index in [2.05, 4.69) is 26.2 Å². The van der Waals surface area contributed by atoms with Gasteiger partial charge in [-0.05, 0) is 34.7 Å². The summed E-state index contributed by atoms with van der Waals surface area (Å²) in [7, 11) is -1.96. The molecule has 9 heteroatoms. The van der Waals surface area contributed by atoms with Crippen LogP contribution in [0.2, 0.25) is 0 Å². The van der Waals surface area contributed by atoms with Crippen molar-refractivity contribution in [3.05, 3.63) is 4.60 Å². The summed E-state index contributed by atoms with van der Waals surface area (Å²) in [6.45, 7) is 0.995. The maximum absolute atomic E-state index is 12.4. The molecule has 0 aromatic carbocycles. The lowest BCUT2D eigenvalue weighted by molar-refractivity contribution is 0.288. The van der Waals surface area contributed by atoms with E-state index in [4.69, 9.17) is 11.6 Å². The third-order valence-corrected chi connectivity index (χ3v) is 6.34. The first-order valence-corrected chi connectivity index (χ1v) is 8.35. The van der Waals surface area contributed by atoms with E-state index < -0.39 is 10.0 Å². The molecule has 0 atom stereocenters. The second-order valence-electron chi connectivity index (χ2n) is 4.31. The van der Waals surface area contributed by atoms with Gasteiger partial charge in [0.05, 0.1) is 0 Å². The molecule has 0 radical (unpaired) electrons. The molecule has 1 aliphatic rings. The molecule has 0 bridgehead atoms. The molecule has 1 aliphatic heterocycles. The van der Waals surface area contributed by atoms with E-state index >= 15 is 0 Å². The van der Waals surface area contributed by atoms with Gasteiger partial charge in [0.1, 0.15) is 0 Å². The van der Waals surface area contributed by atoms with E-state index in [0.717, 1.165) is 12.8 Å². The van der Waals surface area contributed by atoms with Crippen LogP contribution in [-0.4, -0.2) is 46.7 Å². The Balaban J connectivity index is 2.23. The maximum atomic E-state index is 12.4. The van der Waals surface area contributed by atoms with Crippen molar-refractivity contribution in [1.29, 1.82) is 0 Å². The molecule has 18 heavy (non-hydrogen) atoms. The second-order valence-corrected chi connectivity index (χ2v) is 7.22. The van der Waals surface area contributed by atoms with Crippen LogP contribution in [0, 0.1) is 5.92 Å². The smallest absolute Gasteiger partial charge is 0.235 e. The Morgan fingerprint density at radius 1 is 1.44 bits per heavy atom. The predicted molar refractivity (Wildman–Crippen MR) is 70.9 cm³/mol. The number of hydrogen-bond acceptors (Lipinski definition) is 4. The van der Waals surface area contributed by atoms with Gasteiger partial charge in [-0.15, -0.1) is 16.7 Å². The minimum atomic E-state index is -3.53. The Hall–Kier alpha value is -0.180. The van der Waals surface area contributed by atoms with Gasteiger partial charge in [-0.1, -0.05) is 5.21 Å². The van der Waals surface area contributed by atoms with Crippen LogP contribution in [0.5, 0.6) is 0 Å². The highest BCUT2D eigenvalue weighted by Crippen LogP contribution is 2.27. The maximum Gasteiger partial charge on any atom is 0.263 e. The summed E-state index contributed by atoms with van der Waals surface area (Å²) in [6.07, 6.45) is 1.59. The van der Waals surface area contributed by atoms with Crippen molar-refractivity contribution < 1.29 is 8.42 Å². The quantitative estimate of drug-likeness (QED) is 0.763. The lowest BCUT2D eigenvalue weighted by Crippen LogP contribution is -2.39. The van der Waals surface area contributed by atoms with Crippen LogP contribution < -0.4 is 0 Å². The van der Waals surface area contributed by atoms with E-state index in [1.807, 2.05) is 0 Å². The summed E-state index contributed by atoms with van der Waals surface area (Å²) in [5.74, 6) is 0.997. The summed E-state index contributed by atoms with van der Waals surface area (Å²) in [5, 5.41) is 7.52. The van der Waals surface area contributed by atoms with Gasteiger partial charge in [0.25, 0.3) is 10.0 Å². The molecule has 1 aromatic rings. The van der Waals surface area contributed by atoms with Gasteiger partial charge >= 0.3 is 0 Å². The van der Waals surface area contributed by atoms with Crippen LogP contribution in [0.4, 0.5) is 0 Å². The summed E-state index contributed by atoms with van der Waals surface area (Å²) < 4.78 is 27.9. The highest BCUT2D eigenvalue weighted by atomic mass is 79.9. The number of piperidine rings is 1. The lowest BCUT2D eigenvalue weighted by atomic mass is 10.0. The number of hydrogen-bond donors (Lipinski definition) is 0. The fraction of sp³-hybridized carbons (Fsp3) is 0.778. The first-order valence-electron chi connectivity index (χ1n) is 5.58. The van der Waals surface area contributed by atoms with E-state index in [1.54, 1.807) is 7.05 Å². The standard InChI is InChI=1S/C9H14BrClN4O2S/c1-14-9(8(10)12-13-14)18(16,17)15-4-2-7(6-11)3-5-15/h7H,2-6H2,1H3. The monoisotopic (exact) mass is 356 g/mol. The Morgan fingerprint density at radius 3 is 2.50 bits per heavy atom. The molecule has 0 amide bonds. The van der Waals surface area contributed by atoms with Gasteiger partial charge in [-0.2, -0.15) is 4.31 Å². The predicted octanol–water partition coefficient (Wildman–Crippen LogP) is 1.22. The van der Waals surface area contributed by atoms with Crippen molar-refractivity contribution in [1.82, 2.24) is 19.3 Å². The number of rotatable bonds is 3. The van der Waals surface area contributed by atoms with Crippen LogP contribution in [0.25, 0.3) is 0 Å². The third-order valence-electron chi connectivity index (χ3n) is 3.11. The van der Waals surface area contributed by atoms with Gasteiger partial charge in [0, 0.05) is 26.0 Å². The SMILES string of the molecule is Cn1nnc(Br)c1S(=O)(=O)N1CCC(CCl)CC1. The average Bonchev–Trinajstić information content (AvgIpc) is 2.69. The van der Waals surface area contributed by atoms with E-state index in [0.29, 0.717) is 24.9 Å². The van der Waals surface area contributed by atoms with Crippen molar-refractivity contribution in [2.45, 2.75) is 17.9 Å². The fourth-order valence-electron chi connectivity index (χ4n) is 2.02. The van der Waals surface area contributed by atoms with Gasteiger partial charge in [-0.3, -0.25) is 0 Å². The van der Waals surface area contributed by atoms with Crippen molar-refractivity contribution in [2.24, 2.45) is 13.0 Å². The number of alkyl halides is 1. The minimum absolute atomic E-state index is 0.104. The minimum Gasteiger partial charge on any atom is -0.235 e. The Labute approximate surface area is 119 Å². The van der Waals surface area contributed by atoms with Crippen LogP contribution >= 0.6 is 27.5 Å². The Morgan fingerprint density at radius 2 is 2.06 bits per heavy atom. The topological polar surface area (TPSA) is 68.1 Å². The molecule has 1 fully saturated rings. The van der Waals surface area contributed by atoms with Gasteiger partial charge < -0.3 is 0 Å². The largest absolute Gasteiger partial charge is 0.263 e. The van der Waals surface area contributed by atoms with Crippen LogP contribution in [-0.2, 0) is 17.1 Å². The van der Waals surface area contributed by atoms with Crippen LogP contribution in [0.3, 0.4) is 0 Å². The molecule has 1 aromatic heterocycles.